The zero-order chi connectivity index (χ0) is 13.0. The molecule has 0 amide bonds. The van der Waals surface area contributed by atoms with Crippen LogP contribution in [0.1, 0.15) is 11.1 Å². The predicted octanol–water partition coefficient (Wildman–Crippen LogP) is 2.77. The molecule has 0 fully saturated rings. The molecule has 0 atom stereocenters. The Morgan fingerprint density at radius 3 is 2.94 bits per heavy atom. The third-order valence-electron chi connectivity index (χ3n) is 2.36. The molecule has 0 aliphatic rings. The minimum Gasteiger partial charge on any atom is -0.487 e. The van der Waals surface area contributed by atoms with Gasteiger partial charge in [0.2, 0.25) is 0 Å². The monoisotopic (exact) mass is 259 g/mol. The molecule has 0 radical (unpaired) electrons. The summed E-state index contributed by atoms with van der Waals surface area (Å²) in [6.45, 7) is 0.278. The fourth-order valence-electron chi connectivity index (χ4n) is 1.44. The Bertz CT molecular complexity index is 607. The lowest BCUT2D eigenvalue weighted by Gasteiger charge is -2.09. The highest BCUT2D eigenvalue weighted by atomic mass is 35.5. The van der Waals surface area contributed by atoms with Gasteiger partial charge < -0.3 is 10.5 Å². The second kappa shape index (κ2) is 5.39. The molecular weight excluding hydrogens is 250 g/mol. The third kappa shape index (κ3) is 2.70. The van der Waals surface area contributed by atoms with Crippen molar-refractivity contribution in [1.82, 2.24) is 4.98 Å². The summed E-state index contributed by atoms with van der Waals surface area (Å²) < 4.78 is 5.56. The van der Waals surface area contributed by atoms with E-state index in [0.29, 0.717) is 22.0 Å². The lowest BCUT2D eigenvalue weighted by molar-refractivity contribution is 0.305. The molecular formula is C13H10ClN3O. The molecule has 2 N–H and O–H groups in total. The number of pyridine rings is 1. The van der Waals surface area contributed by atoms with Gasteiger partial charge in [-0.15, -0.1) is 0 Å². The van der Waals surface area contributed by atoms with Gasteiger partial charge in [0, 0.05) is 23.6 Å². The molecule has 1 aromatic carbocycles. The molecule has 18 heavy (non-hydrogen) atoms. The van der Waals surface area contributed by atoms with E-state index in [1.807, 2.05) is 6.07 Å². The van der Waals surface area contributed by atoms with E-state index in [1.54, 1.807) is 36.7 Å². The van der Waals surface area contributed by atoms with Crippen LogP contribution in [0.5, 0.6) is 5.75 Å². The second-order valence-corrected chi connectivity index (χ2v) is 4.03. The van der Waals surface area contributed by atoms with Gasteiger partial charge in [0.1, 0.15) is 18.4 Å². The summed E-state index contributed by atoms with van der Waals surface area (Å²) in [6.07, 6.45) is 3.19. The maximum atomic E-state index is 8.97. The molecule has 4 nitrogen and oxygen atoms in total. The van der Waals surface area contributed by atoms with E-state index in [4.69, 9.17) is 27.3 Å². The number of nitrogens with zero attached hydrogens (tertiary/aromatic N) is 2. The maximum Gasteiger partial charge on any atom is 0.137 e. The first-order valence-corrected chi connectivity index (χ1v) is 5.59. The average Bonchev–Trinajstić information content (AvgIpc) is 2.39. The Kier molecular flexibility index (Phi) is 3.66. The van der Waals surface area contributed by atoms with Crippen LogP contribution >= 0.6 is 11.6 Å². The third-order valence-corrected chi connectivity index (χ3v) is 2.70. The quantitative estimate of drug-likeness (QED) is 0.861. The fourth-order valence-corrected chi connectivity index (χ4v) is 1.61. The van der Waals surface area contributed by atoms with E-state index in [2.05, 4.69) is 4.98 Å². The summed E-state index contributed by atoms with van der Waals surface area (Å²) in [4.78, 5) is 3.89. The van der Waals surface area contributed by atoms with Crippen LogP contribution in [0.25, 0.3) is 0 Å². The highest BCUT2D eigenvalue weighted by Gasteiger charge is 2.05. The second-order valence-electron chi connectivity index (χ2n) is 3.62. The van der Waals surface area contributed by atoms with E-state index in [-0.39, 0.29) is 6.61 Å². The van der Waals surface area contributed by atoms with Crippen molar-refractivity contribution in [2.24, 2.45) is 0 Å². The fraction of sp³-hybridized carbons (Fsp3) is 0.0769. The highest BCUT2D eigenvalue weighted by Crippen LogP contribution is 2.23. The lowest BCUT2D eigenvalue weighted by atomic mass is 10.2. The molecule has 1 aromatic heterocycles. The van der Waals surface area contributed by atoms with Crippen LogP contribution in [0.3, 0.4) is 0 Å². The van der Waals surface area contributed by atoms with E-state index >= 15 is 0 Å². The zero-order valence-electron chi connectivity index (χ0n) is 9.43. The summed E-state index contributed by atoms with van der Waals surface area (Å²) in [7, 11) is 0. The Balaban J connectivity index is 2.16. The van der Waals surface area contributed by atoms with Gasteiger partial charge in [-0.3, -0.25) is 4.98 Å². The van der Waals surface area contributed by atoms with E-state index in [1.165, 1.54) is 0 Å². The number of nitriles is 1. The molecule has 0 bridgehead atoms. The number of nitrogen functional groups attached to an aromatic ring is 1. The summed E-state index contributed by atoms with van der Waals surface area (Å²) in [5, 5.41) is 9.51. The van der Waals surface area contributed by atoms with Crippen LogP contribution in [0, 0.1) is 11.3 Å². The van der Waals surface area contributed by atoms with Crippen molar-refractivity contribution >= 4 is 17.3 Å². The number of anilines is 1. The first-order chi connectivity index (χ1) is 8.70. The van der Waals surface area contributed by atoms with Crippen LogP contribution in [-0.4, -0.2) is 4.98 Å². The van der Waals surface area contributed by atoms with Crippen LogP contribution in [0.15, 0.2) is 36.7 Å². The molecule has 2 rings (SSSR count). The SMILES string of the molecule is N#Cc1cc(N)ccc1OCc1ccncc1Cl. The zero-order valence-corrected chi connectivity index (χ0v) is 10.2. The van der Waals surface area contributed by atoms with E-state index in [9.17, 15) is 0 Å². The van der Waals surface area contributed by atoms with E-state index in [0.717, 1.165) is 5.56 Å². The first kappa shape index (κ1) is 12.2. The van der Waals surface area contributed by atoms with Crippen LogP contribution in [0.4, 0.5) is 5.69 Å². The standard InChI is InChI=1S/C13H10ClN3O/c14-12-7-17-4-3-9(12)8-18-13-2-1-11(16)5-10(13)6-15/h1-5,7H,8,16H2. The maximum absolute atomic E-state index is 8.97. The lowest BCUT2D eigenvalue weighted by Crippen LogP contribution is -1.99. The number of hydrogen-bond donors (Lipinski definition) is 1. The Labute approximate surface area is 110 Å². The molecule has 0 saturated carbocycles. The number of benzene rings is 1. The highest BCUT2D eigenvalue weighted by molar-refractivity contribution is 6.31. The van der Waals surface area contributed by atoms with Crippen molar-refractivity contribution in [2.75, 3.05) is 5.73 Å². The smallest absolute Gasteiger partial charge is 0.137 e. The first-order valence-electron chi connectivity index (χ1n) is 5.21. The van der Waals surface area contributed by atoms with Crippen molar-refractivity contribution in [3.05, 3.63) is 52.8 Å². The van der Waals surface area contributed by atoms with Crippen molar-refractivity contribution in [2.45, 2.75) is 6.61 Å². The number of hydrogen-bond acceptors (Lipinski definition) is 4. The summed E-state index contributed by atoms with van der Waals surface area (Å²) in [5.41, 5.74) is 7.34. The van der Waals surface area contributed by atoms with Crippen molar-refractivity contribution in [3.8, 4) is 11.8 Å². The van der Waals surface area contributed by atoms with Gasteiger partial charge in [-0.25, -0.2) is 0 Å². The predicted molar refractivity (Wildman–Crippen MR) is 69.1 cm³/mol. The molecule has 0 aliphatic heterocycles. The number of rotatable bonds is 3. The molecule has 0 spiro atoms. The van der Waals surface area contributed by atoms with Gasteiger partial charge in [0.15, 0.2) is 0 Å². The Morgan fingerprint density at radius 1 is 1.39 bits per heavy atom. The molecule has 0 aliphatic carbocycles. The van der Waals surface area contributed by atoms with Gasteiger partial charge in [-0.2, -0.15) is 5.26 Å². The van der Waals surface area contributed by atoms with Gasteiger partial charge >= 0.3 is 0 Å². The molecule has 0 unspecified atom stereocenters. The largest absolute Gasteiger partial charge is 0.487 e. The van der Waals surface area contributed by atoms with Crippen molar-refractivity contribution in [1.29, 1.82) is 5.26 Å². The van der Waals surface area contributed by atoms with E-state index < -0.39 is 0 Å². The van der Waals surface area contributed by atoms with Gasteiger partial charge in [0.25, 0.3) is 0 Å². The van der Waals surface area contributed by atoms with Gasteiger partial charge in [0.05, 0.1) is 10.6 Å². The van der Waals surface area contributed by atoms with Crippen molar-refractivity contribution < 1.29 is 4.74 Å². The summed E-state index contributed by atoms with van der Waals surface area (Å²) in [6, 6.07) is 8.73. The molecule has 1 heterocycles. The van der Waals surface area contributed by atoms with Crippen LogP contribution in [-0.2, 0) is 6.61 Å². The van der Waals surface area contributed by atoms with Crippen LogP contribution in [0.2, 0.25) is 5.02 Å². The van der Waals surface area contributed by atoms with Crippen molar-refractivity contribution in [3.63, 3.8) is 0 Å². The number of halogens is 1. The molecule has 2 aromatic rings. The summed E-state index contributed by atoms with van der Waals surface area (Å²) >= 11 is 5.96. The minimum atomic E-state index is 0.278. The summed E-state index contributed by atoms with van der Waals surface area (Å²) in [5.74, 6) is 0.486. The molecule has 90 valence electrons. The number of nitrogens with two attached hydrogens (primary N) is 1. The average molecular weight is 260 g/mol. The van der Waals surface area contributed by atoms with Gasteiger partial charge in [-0.05, 0) is 24.3 Å². The molecule has 0 saturated heterocycles. The van der Waals surface area contributed by atoms with Crippen LogP contribution < -0.4 is 10.5 Å². The normalized spacial score (nSPS) is 9.78. The topological polar surface area (TPSA) is 71.9 Å². The van der Waals surface area contributed by atoms with Gasteiger partial charge in [-0.1, -0.05) is 11.6 Å². The minimum absolute atomic E-state index is 0.278. The number of aromatic nitrogens is 1. The Morgan fingerprint density at radius 2 is 2.22 bits per heavy atom. The number of ether oxygens (including phenoxy) is 1. The Hall–Kier alpha value is -2.25. The molecule has 5 heteroatoms.